The molecule has 0 radical (unpaired) electrons. The van der Waals surface area contributed by atoms with Crippen molar-refractivity contribution in [1.29, 1.82) is 0 Å². The smallest absolute Gasteiger partial charge is 0.122 e. The Balaban J connectivity index is 1.81. The first-order valence-electron chi connectivity index (χ1n) is 8.72. The van der Waals surface area contributed by atoms with Crippen molar-refractivity contribution in [3.63, 3.8) is 0 Å². The van der Waals surface area contributed by atoms with Crippen LogP contribution in [-0.2, 0) is 0 Å². The molecule has 1 N–H and O–H groups in total. The molecule has 0 bridgehead atoms. The molecule has 1 saturated carbocycles. The zero-order valence-electron chi connectivity index (χ0n) is 14.3. The van der Waals surface area contributed by atoms with Gasteiger partial charge >= 0.3 is 0 Å². The van der Waals surface area contributed by atoms with Gasteiger partial charge in [-0.15, -0.1) is 0 Å². The molecule has 1 aromatic rings. The Labute approximate surface area is 135 Å². The zero-order chi connectivity index (χ0) is 15.9. The van der Waals surface area contributed by atoms with Gasteiger partial charge in [-0.2, -0.15) is 0 Å². The van der Waals surface area contributed by atoms with Crippen LogP contribution in [0.4, 0.5) is 0 Å². The summed E-state index contributed by atoms with van der Waals surface area (Å²) in [6, 6.07) is 6.81. The molecule has 1 unspecified atom stereocenters. The molecule has 0 amide bonds. The van der Waals surface area contributed by atoms with Gasteiger partial charge in [0.05, 0.1) is 0 Å². The number of aliphatic hydroxyl groups is 1. The molecule has 0 spiro atoms. The second-order valence-electron chi connectivity index (χ2n) is 6.61. The summed E-state index contributed by atoms with van der Waals surface area (Å²) in [6.07, 6.45) is 6.15. The summed E-state index contributed by atoms with van der Waals surface area (Å²) < 4.78 is 5.81. The first-order valence-corrected chi connectivity index (χ1v) is 8.72. The summed E-state index contributed by atoms with van der Waals surface area (Å²) in [5, 5.41) is 10.3. The van der Waals surface area contributed by atoms with Gasteiger partial charge in [-0.05, 0) is 44.9 Å². The van der Waals surface area contributed by atoms with E-state index >= 15 is 0 Å². The number of ether oxygens (including phenoxy) is 1. The number of aliphatic hydroxyl groups excluding tert-OH is 1. The predicted molar refractivity (Wildman–Crippen MR) is 91.5 cm³/mol. The van der Waals surface area contributed by atoms with Crippen LogP contribution in [0.5, 0.6) is 5.75 Å². The molecule has 0 aliphatic heterocycles. The van der Waals surface area contributed by atoms with Gasteiger partial charge in [-0.25, -0.2) is 0 Å². The topological polar surface area (TPSA) is 32.7 Å². The van der Waals surface area contributed by atoms with Crippen LogP contribution < -0.4 is 4.74 Å². The third kappa shape index (κ3) is 4.99. The maximum absolute atomic E-state index is 10.3. The van der Waals surface area contributed by atoms with E-state index in [1.807, 2.05) is 6.07 Å². The number of rotatable bonds is 7. The van der Waals surface area contributed by atoms with Gasteiger partial charge in [-0.3, -0.25) is 4.90 Å². The molecule has 3 nitrogen and oxygen atoms in total. The lowest BCUT2D eigenvalue weighted by Crippen LogP contribution is -2.43. The standard InChI is InChI=1S/C19H31NO2/c1-4-20(17-8-6-5-7-9-17)13-18(21)14-22-19-11-10-15(2)12-16(19)3/h10-12,17-18,21H,4-9,13-14H2,1-3H3. The highest BCUT2D eigenvalue weighted by Gasteiger charge is 2.22. The SMILES string of the molecule is CCN(CC(O)COc1ccc(C)cc1C)C1CCCCC1. The maximum Gasteiger partial charge on any atom is 0.122 e. The van der Waals surface area contributed by atoms with Crippen molar-refractivity contribution < 1.29 is 9.84 Å². The molecule has 1 aromatic carbocycles. The van der Waals surface area contributed by atoms with Gasteiger partial charge in [0, 0.05) is 12.6 Å². The largest absolute Gasteiger partial charge is 0.491 e. The van der Waals surface area contributed by atoms with Crippen molar-refractivity contribution in [2.45, 2.75) is 65.0 Å². The molecule has 0 heterocycles. The number of aryl methyl sites for hydroxylation is 2. The summed E-state index contributed by atoms with van der Waals surface area (Å²) in [5.74, 6) is 0.880. The highest BCUT2D eigenvalue weighted by atomic mass is 16.5. The van der Waals surface area contributed by atoms with E-state index in [9.17, 15) is 5.11 Å². The number of nitrogens with zero attached hydrogens (tertiary/aromatic N) is 1. The Kier molecular flexibility index (Phi) is 6.71. The molecule has 0 aromatic heterocycles. The van der Waals surface area contributed by atoms with E-state index in [0.717, 1.165) is 17.9 Å². The van der Waals surface area contributed by atoms with Crippen LogP contribution in [0.25, 0.3) is 0 Å². The van der Waals surface area contributed by atoms with E-state index in [4.69, 9.17) is 4.74 Å². The first-order chi connectivity index (χ1) is 10.6. The number of benzene rings is 1. The lowest BCUT2D eigenvalue weighted by Gasteiger charge is -2.34. The average Bonchev–Trinajstić information content (AvgIpc) is 2.52. The quantitative estimate of drug-likeness (QED) is 0.834. The van der Waals surface area contributed by atoms with Crippen LogP contribution in [0.1, 0.15) is 50.2 Å². The third-order valence-corrected chi connectivity index (χ3v) is 4.70. The summed E-state index contributed by atoms with van der Waals surface area (Å²) in [5.41, 5.74) is 2.37. The van der Waals surface area contributed by atoms with Crippen molar-refractivity contribution >= 4 is 0 Å². The van der Waals surface area contributed by atoms with E-state index < -0.39 is 6.10 Å². The van der Waals surface area contributed by atoms with Gasteiger partial charge in [-0.1, -0.05) is 43.9 Å². The first kappa shape index (κ1) is 17.3. The minimum absolute atomic E-state index is 0.368. The van der Waals surface area contributed by atoms with Crippen molar-refractivity contribution in [3.8, 4) is 5.75 Å². The Morgan fingerprint density at radius 2 is 1.95 bits per heavy atom. The fourth-order valence-electron chi connectivity index (χ4n) is 3.45. The molecule has 1 atom stereocenters. The monoisotopic (exact) mass is 305 g/mol. The molecule has 3 heteroatoms. The van der Waals surface area contributed by atoms with Crippen LogP contribution in [0.15, 0.2) is 18.2 Å². The van der Waals surface area contributed by atoms with E-state index in [1.54, 1.807) is 0 Å². The fraction of sp³-hybridized carbons (Fsp3) is 0.684. The normalized spacial score (nSPS) is 17.7. The molecule has 1 aliphatic rings. The molecule has 22 heavy (non-hydrogen) atoms. The van der Waals surface area contributed by atoms with Gasteiger partial charge in [0.2, 0.25) is 0 Å². The number of hydrogen-bond donors (Lipinski definition) is 1. The molecule has 124 valence electrons. The molecular formula is C19H31NO2. The molecule has 0 saturated heterocycles. The number of likely N-dealkylation sites (N-methyl/N-ethyl adjacent to an activating group) is 1. The predicted octanol–water partition coefficient (Wildman–Crippen LogP) is 3.70. The van der Waals surface area contributed by atoms with Crippen LogP contribution in [-0.4, -0.2) is 41.8 Å². The second-order valence-corrected chi connectivity index (χ2v) is 6.61. The highest BCUT2D eigenvalue weighted by molar-refractivity contribution is 5.35. The Bertz CT molecular complexity index is 455. The fourth-order valence-corrected chi connectivity index (χ4v) is 3.45. The van der Waals surface area contributed by atoms with Crippen LogP contribution in [0.2, 0.25) is 0 Å². The lowest BCUT2D eigenvalue weighted by molar-refractivity contribution is 0.0462. The summed E-state index contributed by atoms with van der Waals surface area (Å²) in [4.78, 5) is 2.43. The lowest BCUT2D eigenvalue weighted by atomic mass is 9.94. The zero-order valence-corrected chi connectivity index (χ0v) is 14.3. The van der Waals surface area contributed by atoms with Crippen LogP contribution in [0.3, 0.4) is 0 Å². The van der Waals surface area contributed by atoms with Gasteiger partial charge < -0.3 is 9.84 Å². The van der Waals surface area contributed by atoms with E-state index in [0.29, 0.717) is 19.2 Å². The molecule has 2 rings (SSSR count). The van der Waals surface area contributed by atoms with Crippen molar-refractivity contribution in [2.24, 2.45) is 0 Å². The van der Waals surface area contributed by atoms with E-state index in [2.05, 4.69) is 37.8 Å². The highest BCUT2D eigenvalue weighted by Crippen LogP contribution is 2.23. The molecule has 1 fully saturated rings. The Morgan fingerprint density at radius 3 is 2.59 bits per heavy atom. The van der Waals surface area contributed by atoms with Crippen molar-refractivity contribution in [1.82, 2.24) is 4.90 Å². The van der Waals surface area contributed by atoms with Crippen molar-refractivity contribution in [2.75, 3.05) is 19.7 Å². The minimum Gasteiger partial charge on any atom is -0.491 e. The number of hydrogen-bond acceptors (Lipinski definition) is 3. The van der Waals surface area contributed by atoms with E-state index in [-0.39, 0.29) is 0 Å². The van der Waals surface area contributed by atoms with E-state index in [1.165, 1.54) is 37.7 Å². The van der Waals surface area contributed by atoms with Gasteiger partial charge in [0.15, 0.2) is 0 Å². The second kappa shape index (κ2) is 8.54. The summed E-state index contributed by atoms with van der Waals surface area (Å²) >= 11 is 0. The summed E-state index contributed by atoms with van der Waals surface area (Å²) in [6.45, 7) is 8.40. The third-order valence-electron chi connectivity index (χ3n) is 4.70. The Morgan fingerprint density at radius 1 is 1.23 bits per heavy atom. The molecular weight excluding hydrogens is 274 g/mol. The minimum atomic E-state index is -0.428. The van der Waals surface area contributed by atoms with Crippen LogP contribution >= 0.6 is 0 Å². The average molecular weight is 305 g/mol. The molecule has 1 aliphatic carbocycles. The maximum atomic E-state index is 10.3. The summed E-state index contributed by atoms with van der Waals surface area (Å²) in [7, 11) is 0. The van der Waals surface area contributed by atoms with Crippen molar-refractivity contribution in [3.05, 3.63) is 29.3 Å². The van der Waals surface area contributed by atoms with Crippen LogP contribution in [0, 0.1) is 13.8 Å². The van der Waals surface area contributed by atoms with Gasteiger partial charge in [0.25, 0.3) is 0 Å². The Hall–Kier alpha value is -1.06. The van der Waals surface area contributed by atoms with Gasteiger partial charge in [0.1, 0.15) is 18.5 Å².